The zero-order valence-corrected chi connectivity index (χ0v) is 13.0. The fourth-order valence-electron chi connectivity index (χ4n) is 2.83. The van der Waals surface area contributed by atoms with Crippen molar-refractivity contribution in [3.05, 3.63) is 82.5 Å². The Hall–Kier alpha value is -2.58. The highest BCUT2D eigenvalue weighted by Gasteiger charge is 2.10. The summed E-state index contributed by atoms with van der Waals surface area (Å²) in [4.78, 5) is 12.5. The summed E-state index contributed by atoms with van der Waals surface area (Å²) in [6, 6.07) is 21.0. The van der Waals surface area contributed by atoms with Crippen LogP contribution in [0, 0.1) is 0 Å². The summed E-state index contributed by atoms with van der Waals surface area (Å²) in [5.41, 5.74) is 2.44. The molecule has 0 spiro atoms. The Morgan fingerprint density at radius 3 is 2.61 bits per heavy atom. The van der Waals surface area contributed by atoms with E-state index in [4.69, 9.17) is 16.0 Å². The maximum absolute atomic E-state index is 12.5. The van der Waals surface area contributed by atoms with Crippen molar-refractivity contribution in [2.75, 3.05) is 0 Å². The van der Waals surface area contributed by atoms with Gasteiger partial charge in [-0.1, -0.05) is 48.5 Å². The van der Waals surface area contributed by atoms with Gasteiger partial charge < -0.3 is 4.42 Å². The van der Waals surface area contributed by atoms with Crippen LogP contribution in [0.15, 0.2) is 75.9 Å². The molecule has 0 aliphatic carbocycles. The van der Waals surface area contributed by atoms with Crippen LogP contribution in [0.5, 0.6) is 0 Å². The maximum atomic E-state index is 12.5. The number of alkyl halides is 1. The summed E-state index contributed by atoms with van der Waals surface area (Å²) in [5, 5.41) is 2.59. The molecule has 1 heterocycles. The Morgan fingerprint density at radius 2 is 1.74 bits per heavy atom. The molecule has 0 saturated heterocycles. The van der Waals surface area contributed by atoms with Crippen molar-refractivity contribution < 1.29 is 4.42 Å². The van der Waals surface area contributed by atoms with Gasteiger partial charge in [0, 0.05) is 22.9 Å². The van der Waals surface area contributed by atoms with E-state index in [-0.39, 0.29) is 5.43 Å². The van der Waals surface area contributed by atoms with E-state index < -0.39 is 0 Å². The van der Waals surface area contributed by atoms with Crippen molar-refractivity contribution in [2.24, 2.45) is 0 Å². The fourth-order valence-corrected chi connectivity index (χ4v) is 3.00. The van der Waals surface area contributed by atoms with Crippen molar-refractivity contribution in [3.8, 4) is 11.3 Å². The van der Waals surface area contributed by atoms with E-state index in [2.05, 4.69) is 0 Å². The Bertz CT molecular complexity index is 1080. The first-order chi connectivity index (χ1) is 11.3. The molecule has 1 aromatic heterocycles. The van der Waals surface area contributed by atoms with E-state index in [9.17, 15) is 4.79 Å². The highest BCUT2D eigenvalue weighted by molar-refractivity contribution is 6.17. The van der Waals surface area contributed by atoms with Crippen LogP contribution < -0.4 is 5.43 Å². The third-order valence-electron chi connectivity index (χ3n) is 3.99. The standard InChI is InChI=1S/C20H13ClO2/c21-12-13-4-3-6-15(10-13)19-11-18(22)17-9-8-14-5-1-2-7-16(14)20(17)23-19/h1-11H,12H2. The van der Waals surface area contributed by atoms with Crippen LogP contribution >= 0.6 is 11.6 Å². The lowest BCUT2D eigenvalue weighted by molar-refractivity contribution is 0.622. The van der Waals surface area contributed by atoms with E-state index in [0.717, 1.165) is 21.9 Å². The Balaban J connectivity index is 2.05. The molecule has 0 aliphatic heterocycles. The number of hydrogen-bond donors (Lipinski definition) is 0. The Kier molecular flexibility index (Phi) is 3.40. The molecular weight excluding hydrogens is 308 g/mol. The SMILES string of the molecule is O=c1cc(-c2cccc(CCl)c2)oc2c1ccc1ccccc12. The van der Waals surface area contributed by atoms with Crippen molar-refractivity contribution in [2.45, 2.75) is 5.88 Å². The molecule has 4 aromatic rings. The monoisotopic (exact) mass is 320 g/mol. The van der Waals surface area contributed by atoms with Gasteiger partial charge in [0.2, 0.25) is 0 Å². The summed E-state index contributed by atoms with van der Waals surface area (Å²) >= 11 is 5.90. The van der Waals surface area contributed by atoms with Crippen molar-refractivity contribution in [1.29, 1.82) is 0 Å². The number of hydrogen-bond acceptors (Lipinski definition) is 2. The molecule has 112 valence electrons. The molecule has 0 fully saturated rings. The topological polar surface area (TPSA) is 30.2 Å². The second-order valence-corrected chi connectivity index (χ2v) is 5.74. The zero-order chi connectivity index (χ0) is 15.8. The van der Waals surface area contributed by atoms with Crippen LogP contribution in [-0.2, 0) is 5.88 Å². The summed E-state index contributed by atoms with van der Waals surface area (Å²) in [6.45, 7) is 0. The average Bonchev–Trinajstić information content (AvgIpc) is 2.61. The molecule has 3 aromatic carbocycles. The van der Waals surface area contributed by atoms with Gasteiger partial charge in [0.25, 0.3) is 0 Å². The van der Waals surface area contributed by atoms with Gasteiger partial charge in [-0.3, -0.25) is 4.79 Å². The summed E-state index contributed by atoms with van der Waals surface area (Å²) < 4.78 is 6.10. The van der Waals surface area contributed by atoms with Gasteiger partial charge in [-0.2, -0.15) is 0 Å². The Morgan fingerprint density at radius 1 is 0.870 bits per heavy atom. The third-order valence-corrected chi connectivity index (χ3v) is 4.29. The van der Waals surface area contributed by atoms with E-state index >= 15 is 0 Å². The fraction of sp³-hybridized carbons (Fsp3) is 0.0500. The molecule has 23 heavy (non-hydrogen) atoms. The number of benzene rings is 3. The molecular formula is C20H13ClO2. The summed E-state index contributed by atoms with van der Waals surface area (Å²) in [5.74, 6) is 0.986. The van der Waals surface area contributed by atoms with Crippen LogP contribution in [0.25, 0.3) is 33.1 Å². The van der Waals surface area contributed by atoms with Gasteiger partial charge in [0.1, 0.15) is 11.3 Å². The lowest BCUT2D eigenvalue weighted by Gasteiger charge is -2.07. The van der Waals surface area contributed by atoms with E-state index in [1.54, 1.807) is 6.07 Å². The quantitative estimate of drug-likeness (QED) is 0.368. The van der Waals surface area contributed by atoms with Gasteiger partial charge >= 0.3 is 0 Å². The minimum atomic E-state index is -0.0386. The molecule has 0 N–H and O–H groups in total. The molecule has 0 unspecified atom stereocenters. The summed E-state index contributed by atoms with van der Waals surface area (Å²) in [6.07, 6.45) is 0. The van der Waals surface area contributed by atoms with Gasteiger partial charge in [-0.05, 0) is 23.1 Å². The summed E-state index contributed by atoms with van der Waals surface area (Å²) in [7, 11) is 0. The maximum Gasteiger partial charge on any atom is 0.193 e. The van der Waals surface area contributed by atoms with Gasteiger partial charge in [-0.25, -0.2) is 0 Å². The molecule has 0 radical (unpaired) electrons. The molecule has 0 amide bonds. The first kappa shape index (κ1) is 14.0. The molecule has 2 nitrogen and oxygen atoms in total. The average molecular weight is 321 g/mol. The second-order valence-electron chi connectivity index (χ2n) is 5.47. The number of fused-ring (bicyclic) bond motifs is 3. The van der Waals surface area contributed by atoms with Crippen LogP contribution in [0.3, 0.4) is 0 Å². The van der Waals surface area contributed by atoms with Crippen molar-refractivity contribution >= 4 is 33.3 Å². The molecule has 0 aliphatic rings. The van der Waals surface area contributed by atoms with E-state index in [0.29, 0.717) is 22.6 Å². The van der Waals surface area contributed by atoms with Gasteiger partial charge in [-0.15, -0.1) is 11.6 Å². The molecule has 4 rings (SSSR count). The number of rotatable bonds is 2. The molecule has 0 bridgehead atoms. The largest absolute Gasteiger partial charge is 0.455 e. The molecule has 0 atom stereocenters. The first-order valence-corrected chi connectivity index (χ1v) is 7.90. The van der Waals surface area contributed by atoms with Crippen LogP contribution in [0.2, 0.25) is 0 Å². The van der Waals surface area contributed by atoms with Crippen LogP contribution in [-0.4, -0.2) is 0 Å². The van der Waals surface area contributed by atoms with E-state index in [1.807, 2.05) is 60.7 Å². The zero-order valence-electron chi connectivity index (χ0n) is 12.3. The normalized spacial score (nSPS) is 11.2. The minimum absolute atomic E-state index is 0.0386. The Labute approximate surface area is 137 Å². The minimum Gasteiger partial charge on any atom is -0.455 e. The highest BCUT2D eigenvalue weighted by atomic mass is 35.5. The predicted molar refractivity (Wildman–Crippen MR) is 95.0 cm³/mol. The van der Waals surface area contributed by atoms with Crippen molar-refractivity contribution in [1.82, 2.24) is 0 Å². The molecule has 3 heteroatoms. The first-order valence-electron chi connectivity index (χ1n) is 7.37. The predicted octanol–water partition coefficient (Wildman–Crippen LogP) is 5.35. The van der Waals surface area contributed by atoms with Crippen LogP contribution in [0.1, 0.15) is 5.56 Å². The molecule has 0 saturated carbocycles. The third kappa shape index (κ3) is 2.41. The van der Waals surface area contributed by atoms with Gasteiger partial charge in [0.05, 0.1) is 5.39 Å². The number of halogens is 1. The lowest BCUT2D eigenvalue weighted by atomic mass is 10.1. The van der Waals surface area contributed by atoms with Crippen molar-refractivity contribution in [3.63, 3.8) is 0 Å². The van der Waals surface area contributed by atoms with Crippen LogP contribution in [0.4, 0.5) is 0 Å². The lowest BCUT2D eigenvalue weighted by Crippen LogP contribution is -2.00. The second kappa shape index (κ2) is 5.56. The van der Waals surface area contributed by atoms with E-state index in [1.165, 1.54) is 0 Å². The smallest absolute Gasteiger partial charge is 0.193 e. The highest BCUT2D eigenvalue weighted by Crippen LogP contribution is 2.28. The van der Waals surface area contributed by atoms with Gasteiger partial charge in [0.15, 0.2) is 5.43 Å².